The van der Waals surface area contributed by atoms with Gasteiger partial charge in [0.15, 0.2) is 0 Å². The van der Waals surface area contributed by atoms with Gasteiger partial charge in [-0.05, 0) is 37.7 Å². The Morgan fingerprint density at radius 3 is 2.67 bits per heavy atom. The third-order valence-electron chi connectivity index (χ3n) is 4.04. The predicted molar refractivity (Wildman–Crippen MR) is 92.2 cm³/mol. The van der Waals surface area contributed by atoms with Crippen LogP contribution in [0, 0.1) is 6.92 Å². The van der Waals surface area contributed by atoms with Crippen LogP contribution in [0.25, 0.3) is 0 Å². The Kier molecular flexibility index (Phi) is 6.37. The van der Waals surface area contributed by atoms with E-state index >= 15 is 0 Å². The highest BCUT2D eigenvalue weighted by atomic mass is 16.5. The molecule has 1 atom stereocenters. The number of amides is 1. The maximum absolute atomic E-state index is 12.2. The zero-order valence-electron chi connectivity index (χ0n) is 14.7. The lowest BCUT2D eigenvalue weighted by Crippen LogP contribution is -2.38. The van der Waals surface area contributed by atoms with Gasteiger partial charge in [0.25, 0.3) is 5.91 Å². The van der Waals surface area contributed by atoms with E-state index in [-0.39, 0.29) is 17.7 Å². The average molecular weight is 331 g/mol. The molecule has 0 aliphatic carbocycles. The molecule has 1 N–H and O–H groups in total. The fourth-order valence-corrected chi connectivity index (χ4v) is 2.72. The molecule has 1 heterocycles. The summed E-state index contributed by atoms with van der Waals surface area (Å²) in [6.45, 7) is 8.25. The molecule has 0 aliphatic heterocycles. The van der Waals surface area contributed by atoms with E-state index in [1.54, 1.807) is 20.1 Å². The first-order chi connectivity index (χ1) is 11.6. The summed E-state index contributed by atoms with van der Waals surface area (Å²) >= 11 is 0. The number of nitrogens with one attached hydrogen (secondary N) is 1. The second-order valence-electron chi connectivity index (χ2n) is 5.56. The first-order valence-electron chi connectivity index (χ1n) is 8.18. The van der Waals surface area contributed by atoms with E-state index in [0.717, 1.165) is 24.4 Å². The summed E-state index contributed by atoms with van der Waals surface area (Å²) in [6.07, 6.45) is 0. The van der Waals surface area contributed by atoms with Gasteiger partial charge in [0, 0.05) is 12.6 Å². The van der Waals surface area contributed by atoms with Gasteiger partial charge < -0.3 is 14.6 Å². The van der Waals surface area contributed by atoms with E-state index in [1.165, 1.54) is 0 Å². The van der Waals surface area contributed by atoms with Crippen molar-refractivity contribution in [2.24, 2.45) is 0 Å². The van der Waals surface area contributed by atoms with Crippen LogP contribution < -0.4 is 10.1 Å². The molecule has 2 aromatic rings. The number of likely N-dealkylation sites (N-methyl/N-ethyl adjacent to an activating group) is 1. The lowest BCUT2D eigenvalue weighted by atomic mass is 10.0. The molecule has 1 aromatic carbocycles. The van der Waals surface area contributed by atoms with Crippen molar-refractivity contribution in [2.45, 2.75) is 26.8 Å². The molecule has 1 amide bonds. The summed E-state index contributed by atoms with van der Waals surface area (Å²) in [5, 5.41) is 6.69. The third kappa shape index (κ3) is 4.35. The minimum atomic E-state index is -0.254. The van der Waals surface area contributed by atoms with Crippen molar-refractivity contribution in [3.05, 3.63) is 47.3 Å². The minimum Gasteiger partial charge on any atom is -0.497 e. The Labute approximate surface area is 142 Å². The summed E-state index contributed by atoms with van der Waals surface area (Å²) < 4.78 is 10.3. The SMILES string of the molecule is CCN(CC)C(CNC(=O)c1cc(C)no1)c1cccc(OC)c1. The van der Waals surface area contributed by atoms with Gasteiger partial charge in [-0.2, -0.15) is 0 Å². The van der Waals surface area contributed by atoms with Crippen LogP contribution in [0.15, 0.2) is 34.9 Å². The third-order valence-corrected chi connectivity index (χ3v) is 4.04. The molecule has 24 heavy (non-hydrogen) atoms. The lowest BCUT2D eigenvalue weighted by molar-refractivity contribution is 0.0898. The fourth-order valence-electron chi connectivity index (χ4n) is 2.72. The highest BCUT2D eigenvalue weighted by Crippen LogP contribution is 2.24. The summed E-state index contributed by atoms with van der Waals surface area (Å²) in [5.41, 5.74) is 1.79. The van der Waals surface area contributed by atoms with E-state index in [2.05, 4.69) is 35.3 Å². The molecule has 1 aromatic heterocycles. The van der Waals surface area contributed by atoms with Crippen LogP contribution in [0.1, 0.15) is 41.7 Å². The fraction of sp³-hybridized carbons (Fsp3) is 0.444. The molecule has 1 unspecified atom stereocenters. The molecule has 0 fully saturated rings. The van der Waals surface area contributed by atoms with Crippen LogP contribution in [0.3, 0.4) is 0 Å². The second kappa shape index (κ2) is 8.49. The average Bonchev–Trinajstić information content (AvgIpc) is 3.05. The van der Waals surface area contributed by atoms with Crippen molar-refractivity contribution in [1.29, 1.82) is 0 Å². The van der Waals surface area contributed by atoms with E-state index in [4.69, 9.17) is 9.26 Å². The van der Waals surface area contributed by atoms with Gasteiger partial charge in [-0.3, -0.25) is 9.69 Å². The molecule has 130 valence electrons. The van der Waals surface area contributed by atoms with Gasteiger partial charge in [0.2, 0.25) is 5.76 Å². The molecule has 0 saturated carbocycles. The number of rotatable bonds is 8. The number of ether oxygens (including phenoxy) is 1. The normalized spacial score (nSPS) is 12.2. The first-order valence-corrected chi connectivity index (χ1v) is 8.18. The maximum atomic E-state index is 12.2. The van der Waals surface area contributed by atoms with Crippen molar-refractivity contribution >= 4 is 5.91 Å². The topological polar surface area (TPSA) is 67.6 Å². The molecular weight excluding hydrogens is 306 g/mol. The molecule has 0 bridgehead atoms. The monoisotopic (exact) mass is 331 g/mol. The number of nitrogens with zero attached hydrogens (tertiary/aromatic N) is 2. The van der Waals surface area contributed by atoms with Gasteiger partial charge in [0.05, 0.1) is 18.8 Å². The van der Waals surface area contributed by atoms with Crippen molar-refractivity contribution in [3.63, 3.8) is 0 Å². The summed E-state index contributed by atoms with van der Waals surface area (Å²) in [6, 6.07) is 9.63. The number of carbonyl (C=O) groups is 1. The number of hydrogen-bond donors (Lipinski definition) is 1. The molecule has 0 saturated heterocycles. The Morgan fingerprint density at radius 1 is 1.33 bits per heavy atom. The van der Waals surface area contributed by atoms with Crippen LogP contribution in [-0.2, 0) is 0 Å². The van der Waals surface area contributed by atoms with Gasteiger partial charge in [-0.25, -0.2) is 0 Å². The number of aryl methyl sites for hydroxylation is 1. The first kappa shape index (κ1) is 18.0. The second-order valence-corrected chi connectivity index (χ2v) is 5.56. The van der Waals surface area contributed by atoms with E-state index in [9.17, 15) is 4.79 Å². The largest absolute Gasteiger partial charge is 0.497 e. The van der Waals surface area contributed by atoms with Crippen LogP contribution in [-0.4, -0.2) is 42.7 Å². The highest BCUT2D eigenvalue weighted by molar-refractivity contribution is 5.91. The van der Waals surface area contributed by atoms with Crippen LogP contribution >= 0.6 is 0 Å². The van der Waals surface area contributed by atoms with Gasteiger partial charge in [-0.1, -0.05) is 31.1 Å². The van der Waals surface area contributed by atoms with Gasteiger partial charge >= 0.3 is 0 Å². The summed E-state index contributed by atoms with van der Waals surface area (Å²) in [4.78, 5) is 14.5. The number of benzene rings is 1. The standard InChI is InChI=1S/C18H25N3O3/c1-5-21(6-2)16(14-8-7-9-15(11-14)23-4)12-19-18(22)17-10-13(3)20-24-17/h7-11,16H,5-6,12H2,1-4H3,(H,19,22). The summed E-state index contributed by atoms with van der Waals surface area (Å²) in [7, 11) is 1.65. The van der Waals surface area contributed by atoms with Crippen LogP contribution in [0.5, 0.6) is 5.75 Å². The predicted octanol–water partition coefficient (Wildman–Crippen LogP) is 2.80. The molecule has 6 nitrogen and oxygen atoms in total. The van der Waals surface area contributed by atoms with E-state index < -0.39 is 0 Å². The van der Waals surface area contributed by atoms with Crippen molar-refractivity contribution < 1.29 is 14.1 Å². The Hall–Kier alpha value is -2.34. The van der Waals surface area contributed by atoms with Gasteiger partial charge in [-0.15, -0.1) is 0 Å². The maximum Gasteiger partial charge on any atom is 0.289 e. The molecule has 2 rings (SSSR count). The Balaban J connectivity index is 2.15. The Morgan fingerprint density at radius 2 is 2.08 bits per heavy atom. The Bertz CT molecular complexity index is 665. The van der Waals surface area contributed by atoms with Crippen molar-refractivity contribution in [2.75, 3.05) is 26.7 Å². The molecule has 0 spiro atoms. The van der Waals surface area contributed by atoms with E-state index in [1.807, 2.05) is 18.2 Å². The van der Waals surface area contributed by atoms with Gasteiger partial charge in [0.1, 0.15) is 5.75 Å². The molecule has 6 heteroatoms. The van der Waals surface area contributed by atoms with Crippen LogP contribution in [0.2, 0.25) is 0 Å². The highest BCUT2D eigenvalue weighted by Gasteiger charge is 2.21. The van der Waals surface area contributed by atoms with Crippen molar-refractivity contribution in [1.82, 2.24) is 15.4 Å². The lowest BCUT2D eigenvalue weighted by Gasteiger charge is -2.30. The molecule has 0 aliphatic rings. The van der Waals surface area contributed by atoms with Crippen LogP contribution in [0.4, 0.5) is 0 Å². The molecular formula is C18H25N3O3. The van der Waals surface area contributed by atoms with Crippen molar-refractivity contribution in [3.8, 4) is 5.75 Å². The zero-order valence-corrected chi connectivity index (χ0v) is 14.7. The minimum absolute atomic E-state index is 0.0584. The molecule has 0 radical (unpaired) electrons. The number of hydrogen-bond acceptors (Lipinski definition) is 5. The smallest absolute Gasteiger partial charge is 0.289 e. The number of methoxy groups -OCH3 is 1. The number of aromatic nitrogens is 1. The quantitative estimate of drug-likeness (QED) is 0.805. The van der Waals surface area contributed by atoms with E-state index in [0.29, 0.717) is 12.2 Å². The zero-order chi connectivity index (χ0) is 17.5. The summed E-state index contributed by atoms with van der Waals surface area (Å²) in [5.74, 6) is 0.786. The number of carbonyl (C=O) groups excluding carboxylic acids is 1.